The van der Waals surface area contributed by atoms with Crippen LogP contribution in [0.1, 0.15) is 53.8 Å². The third-order valence-electron chi connectivity index (χ3n) is 1.60. The van der Waals surface area contributed by atoms with Crippen LogP contribution in [0, 0.1) is 6.42 Å². The summed E-state index contributed by atoms with van der Waals surface area (Å²) < 4.78 is 0. The standard InChI is InChI=1S/C8H17.C3H4O4.K.Li.H/c1-3-5-7-8-6-4-2;4-2(5)1-3(6)7;;;/h5H,3-4,6-8H2,1-2H3;1H2,(H,4,5)(H,6,7);;;/q-1;;2*+1;-1. The van der Waals surface area contributed by atoms with Gasteiger partial charge in [0.25, 0.3) is 0 Å². The third-order valence-corrected chi connectivity index (χ3v) is 1.60. The van der Waals surface area contributed by atoms with Gasteiger partial charge in [-0.15, -0.1) is 0 Å². The number of carboxylic acid groups (broad SMARTS) is 2. The first-order valence-electron chi connectivity index (χ1n) is 5.29. The fraction of sp³-hybridized carbons (Fsp3) is 0.727. The van der Waals surface area contributed by atoms with Gasteiger partial charge in [-0.3, -0.25) is 9.59 Å². The van der Waals surface area contributed by atoms with E-state index >= 15 is 0 Å². The molecule has 0 aliphatic carbocycles. The van der Waals surface area contributed by atoms with Crippen molar-refractivity contribution < 1.29 is 91.5 Å². The van der Waals surface area contributed by atoms with Crippen molar-refractivity contribution in [2.24, 2.45) is 0 Å². The van der Waals surface area contributed by atoms with Crippen molar-refractivity contribution in [2.75, 3.05) is 0 Å². The van der Waals surface area contributed by atoms with Gasteiger partial charge < -0.3 is 18.1 Å². The van der Waals surface area contributed by atoms with Gasteiger partial charge in [0.15, 0.2) is 0 Å². The van der Waals surface area contributed by atoms with Gasteiger partial charge in [-0.1, -0.05) is 33.1 Å². The first-order chi connectivity index (χ1) is 7.04. The Bertz CT molecular complexity index is 164. The monoisotopic (exact) mass is 264 g/mol. The molecule has 0 aromatic heterocycles. The van der Waals surface area contributed by atoms with E-state index in [4.69, 9.17) is 10.2 Å². The molecule has 0 aromatic rings. The molecule has 0 bridgehead atoms. The molecule has 0 aromatic carbocycles. The Labute approximate surface area is 160 Å². The molecular weight excluding hydrogens is 242 g/mol. The van der Waals surface area contributed by atoms with Crippen molar-refractivity contribution in [1.82, 2.24) is 0 Å². The summed E-state index contributed by atoms with van der Waals surface area (Å²) in [5.74, 6) is -2.62. The molecule has 0 rings (SSSR count). The quantitative estimate of drug-likeness (QED) is 0.220. The molecule has 4 nitrogen and oxygen atoms in total. The smallest absolute Gasteiger partial charge is 1.00 e. The van der Waals surface area contributed by atoms with Crippen molar-refractivity contribution in [3.63, 3.8) is 0 Å². The van der Waals surface area contributed by atoms with Crippen molar-refractivity contribution in [3.8, 4) is 0 Å². The predicted octanol–water partition coefficient (Wildman–Crippen LogP) is -3.15. The average Bonchev–Trinajstić information content (AvgIpc) is 2.11. The van der Waals surface area contributed by atoms with Crippen molar-refractivity contribution in [2.45, 2.75) is 52.4 Å². The molecular formula is C11H22KLiO4. The van der Waals surface area contributed by atoms with E-state index in [0.29, 0.717) is 0 Å². The zero-order valence-corrected chi connectivity index (χ0v) is 14.7. The Kier molecular flexibility index (Phi) is 35.1. The van der Waals surface area contributed by atoms with Crippen LogP contribution in [0.25, 0.3) is 0 Å². The van der Waals surface area contributed by atoms with Crippen LogP contribution >= 0.6 is 0 Å². The van der Waals surface area contributed by atoms with E-state index in [1.54, 1.807) is 0 Å². The third kappa shape index (κ3) is 38.2. The maximum atomic E-state index is 9.43. The fourth-order valence-electron chi connectivity index (χ4n) is 0.872. The maximum absolute atomic E-state index is 9.43. The first-order valence-corrected chi connectivity index (χ1v) is 5.29. The van der Waals surface area contributed by atoms with Gasteiger partial charge in [-0.25, -0.2) is 0 Å². The minimum absolute atomic E-state index is 0. The van der Waals surface area contributed by atoms with Crippen LogP contribution in [0.15, 0.2) is 0 Å². The predicted molar refractivity (Wildman–Crippen MR) is 59.7 cm³/mol. The normalized spacial score (nSPS) is 7.88. The molecule has 0 saturated heterocycles. The minimum atomic E-state index is -1.31. The summed E-state index contributed by atoms with van der Waals surface area (Å²) in [7, 11) is 0. The molecule has 0 aliphatic rings. The van der Waals surface area contributed by atoms with Gasteiger partial charge in [-0.2, -0.15) is 12.8 Å². The number of aliphatic carboxylic acids is 2. The Balaban J connectivity index is -0.0000000540. The zero-order chi connectivity index (χ0) is 12.1. The molecule has 0 heterocycles. The molecule has 0 atom stereocenters. The summed E-state index contributed by atoms with van der Waals surface area (Å²) in [4.78, 5) is 18.9. The second kappa shape index (κ2) is 22.4. The van der Waals surface area contributed by atoms with Gasteiger partial charge >= 0.3 is 82.2 Å². The van der Waals surface area contributed by atoms with Crippen LogP contribution in [0.4, 0.5) is 0 Å². The Hall–Kier alpha value is 1.17. The van der Waals surface area contributed by atoms with E-state index in [0.717, 1.165) is 0 Å². The molecule has 0 fully saturated rings. The van der Waals surface area contributed by atoms with E-state index in [1.165, 1.54) is 32.1 Å². The first kappa shape index (κ1) is 26.7. The van der Waals surface area contributed by atoms with Gasteiger partial charge in [0.2, 0.25) is 0 Å². The summed E-state index contributed by atoms with van der Waals surface area (Å²) in [6.07, 6.45) is 8.25. The van der Waals surface area contributed by atoms with E-state index in [2.05, 4.69) is 20.3 Å². The van der Waals surface area contributed by atoms with Crippen molar-refractivity contribution >= 4 is 11.9 Å². The molecule has 0 aliphatic heterocycles. The van der Waals surface area contributed by atoms with Gasteiger partial charge in [0, 0.05) is 0 Å². The Morgan fingerprint density at radius 2 is 1.59 bits per heavy atom. The van der Waals surface area contributed by atoms with Crippen LogP contribution < -0.4 is 70.2 Å². The van der Waals surface area contributed by atoms with Crippen molar-refractivity contribution in [3.05, 3.63) is 6.42 Å². The number of rotatable bonds is 7. The molecule has 0 amide bonds. The van der Waals surface area contributed by atoms with Crippen molar-refractivity contribution in [1.29, 1.82) is 0 Å². The van der Waals surface area contributed by atoms with E-state index in [9.17, 15) is 9.59 Å². The Morgan fingerprint density at radius 3 is 1.82 bits per heavy atom. The number of carboxylic acids is 2. The minimum Gasteiger partial charge on any atom is -1.00 e. The average molecular weight is 264 g/mol. The van der Waals surface area contributed by atoms with Crippen LogP contribution in [0.5, 0.6) is 0 Å². The van der Waals surface area contributed by atoms with Crippen LogP contribution in [0.2, 0.25) is 0 Å². The number of carbonyl (C=O) groups is 2. The number of hydrogen-bond acceptors (Lipinski definition) is 2. The maximum Gasteiger partial charge on any atom is 1.00 e. The topological polar surface area (TPSA) is 74.6 Å². The Morgan fingerprint density at radius 1 is 1.12 bits per heavy atom. The number of unbranched alkanes of at least 4 members (excludes halogenated alkanes) is 5. The summed E-state index contributed by atoms with van der Waals surface area (Å²) >= 11 is 0. The van der Waals surface area contributed by atoms with Gasteiger partial charge in [0.1, 0.15) is 6.42 Å². The van der Waals surface area contributed by atoms with E-state index in [1.807, 2.05) is 0 Å². The van der Waals surface area contributed by atoms with Crippen LogP contribution in [0.3, 0.4) is 0 Å². The fourth-order valence-corrected chi connectivity index (χ4v) is 0.872. The molecule has 6 heteroatoms. The molecule has 0 unspecified atom stereocenters. The van der Waals surface area contributed by atoms with E-state index < -0.39 is 18.4 Å². The van der Waals surface area contributed by atoms with Gasteiger partial charge in [-0.05, 0) is 0 Å². The summed E-state index contributed by atoms with van der Waals surface area (Å²) in [5, 5.41) is 15.4. The molecule has 92 valence electrons. The number of hydrogen-bond donors (Lipinski definition) is 2. The van der Waals surface area contributed by atoms with Crippen LogP contribution in [-0.2, 0) is 9.59 Å². The largest absolute Gasteiger partial charge is 1.00 e. The van der Waals surface area contributed by atoms with Gasteiger partial charge in [0.05, 0.1) is 0 Å². The molecule has 0 spiro atoms. The van der Waals surface area contributed by atoms with E-state index in [-0.39, 0.29) is 71.7 Å². The van der Waals surface area contributed by atoms with Crippen LogP contribution in [-0.4, -0.2) is 22.2 Å². The SMILES string of the molecule is CC[CH-]CCCCC.O=C(O)CC(=O)O.[H-].[K+].[Li+]. The second-order valence-corrected chi connectivity index (χ2v) is 3.16. The molecule has 17 heavy (non-hydrogen) atoms. The zero-order valence-electron chi connectivity index (χ0n) is 12.5. The molecule has 0 radical (unpaired) electrons. The second-order valence-electron chi connectivity index (χ2n) is 3.16. The summed E-state index contributed by atoms with van der Waals surface area (Å²) in [5.41, 5.74) is 0. The molecule has 2 N–H and O–H groups in total. The summed E-state index contributed by atoms with van der Waals surface area (Å²) in [6, 6.07) is 0. The summed E-state index contributed by atoms with van der Waals surface area (Å²) in [6.45, 7) is 4.44. The molecule has 0 saturated carbocycles.